The maximum atomic E-state index is 12.7. The highest BCUT2D eigenvalue weighted by Gasteiger charge is 2.32. The minimum absolute atomic E-state index is 0.0322. The number of anilines is 1. The summed E-state index contributed by atoms with van der Waals surface area (Å²) >= 11 is 1.43. The number of thiophene rings is 1. The lowest BCUT2D eigenvalue weighted by atomic mass is 10.0. The van der Waals surface area contributed by atoms with Crippen LogP contribution in [0.1, 0.15) is 34.5 Å². The summed E-state index contributed by atoms with van der Waals surface area (Å²) in [5, 5.41) is 4.90. The van der Waals surface area contributed by atoms with Crippen LogP contribution in [0.4, 0.5) is 5.69 Å². The van der Waals surface area contributed by atoms with E-state index in [-0.39, 0.29) is 17.9 Å². The summed E-state index contributed by atoms with van der Waals surface area (Å²) in [6, 6.07) is 11.4. The van der Waals surface area contributed by atoms with Crippen molar-refractivity contribution in [1.82, 2.24) is 10.2 Å². The van der Waals surface area contributed by atoms with E-state index in [0.717, 1.165) is 30.5 Å². The van der Waals surface area contributed by atoms with Gasteiger partial charge in [-0.15, -0.1) is 11.3 Å². The second kappa shape index (κ2) is 8.36. The van der Waals surface area contributed by atoms with E-state index in [1.165, 1.54) is 11.3 Å². The first kappa shape index (κ1) is 18.5. The van der Waals surface area contributed by atoms with Gasteiger partial charge in [0.2, 0.25) is 5.91 Å². The highest BCUT2D eigenvalue weighted by Crippen LogP contribution is 2.22. The summed E-state index contributed by atoms with van der Waals surface area (Å²) in [4.78, 5) is 29.9. The Morgan fingerprint density at radius 1 is 1.19 bits per heavy atom. The van der Waals surface area contributed by atoms with Crippen molar-refractivity contribution in [1.29, 1.82) is 0 Å². The van der Waals surface area contributed by atoms with Gasteiger partial charge < -0.3 is 15.1 Å². The maximum Gasteiger partial charge on any atom is 0.264 e. The monoisotopic (exact) mass is 371 g/mol. The molecule has 1 aromatic carbocycles. The molecule has 3 rings (SSSR count). The van der Waals surface area contributed by atoms with Crippen molar-refractivity contribution in [2.24, 2.45) is 0 Å². The average molecular weight is 372 g/mol. The van der Waals surface area contributed by atoms with Gasteiger partial charge in [-0.2, -0.15) is 0 Å². The van der Waals surface area contributed by atoms with Gasteiger partial charge in [-0.05, 0) is 48.4 Å². The lowest BCUT2D eigenvalue weighted by molar-refractivity contribution is -0.126. The molecule has 1 aliphatic heterocycles. The second-order valence-corrected chi connectivity index (χ2v) is 7.71. The molecule has 0 saturated carbocycles. The highest BCUT2D eigenvalue weighted by atomic mass is 32.1. The molecule has 0 radical (unpaired) electrons. The Hall–Kier alpha value is -2.34. The first-order valence-corrected chi connectivity index (χ1v) is 9.82. The molecule has 1 aromatic heterocycles. The first-order chi connectivity index (χ1) is 12.6. The second-order valence-electron chi connectivity index (χ2n) is 6.77. The molecule has 0 spiro atoms. The van der Waals surface area contributed by atoms with Gasteiger partial charge in [-0.1, -0.05) is 18.2 Å². The van der Waals surface area contributed by atoms with Crippen molar-refractivity contribution in [3.8, 4) is 0 Å². The Labute approximate surface area is 158 Å². The van der Waals surface area contributed by atoms with Crippen LogP contribution in [-0.2, 0) is 11.3 Å². The number of rotatable bonds is 5. The number of nitrogens with one attached hydrogen (secondary N) is 1. The van der Waals surface area contributed by atoms with Crippen molar-refractivity contribution in [2.75, 3.05) is 25.5 Å². The Morgan fingerprint density at radius 3 is 2.62 bits per heavy atom. The Kier molecular flexibility index (Phi) is 5.93. The molecular weight excluding hydrogens is 346 g/mol. The summed E-state index contributed by atoms with van der Waals surface area (Å²) in [5.41, 5.74) is 2.18. The average Bonchev–Trinajstić information content (AvgIpc) is 3.20. The van der Waals surface area contributed by atoms with Crippen molar-refractivity contribution in [3.63, 3.8) is 0 Å². The molecule has 1 N–H and O–H groups in total. The normalized spacial score (nSPS) is 17.0. The summed E-state index contributed by atoms with van der Waals surface area (Å²) in [6.45, 7) is 1.12. The zero-order valence-electron chi connectivity index (χ0n) is 15.3. The van der Waals surface area contributed by atoms with E-state index in [0.29, 0.717) is 18.0 Å². The zero-order chi connectivity index (χ0) is 18.5. The fourth-order valence-electron chi connectivity index (χ4n) is 3.21. The van der Waals surface area contributed by atoms with Crippen molar-refractivity contribution >= 4 is 28.8 Å². The minimum Gasteiger partial charge on any atom is -0.378 e. The number of hydrogen-bond donors (Lipinski definition) is 1. The third kappa shape index (κ3) is 4.25. The smallest absolute Gasteiger partial charge is 0.264 e. The number of hydrogen-bond acceptors (Lipinski definition) is 4. The highest BCUT2D eigenvalue weighted by molar-refractivity contribution is 7.12. The van der Waals surface area contributed by atoms with Crippen LogP contribution in [0.25, 0.3) is 0 Å². The molecule has 0 bridgehead atoms. The number of carbonyl (C=O) groups is 2. The van der Waals surface area contributed by atoms with Crippen molar-refractivity contribution < 1.29 is 9.59 Å². The summed E-state index contributed by atoms with van der Waals surface area (Å²) < 4.78 is 0. The van der Waals surface area contributed by atoms with Crippen LogP contribution in [0, 0.1) is 0 Å². The van der Waals surface area contributed by atoms with Gasteiger partial charge in [-0.3, -0.25) is 9.59 Å². The molecule has 1 fully saturated rings. The first-order valence-electron chi connectivity index (χ1n) is 8.94. The lowest BCUT2D eigenvalue weighted by Crippen LogP contribution is -2.51. The SMILES string of the molecule is CN(C)c1ccc(CNC(=O)C2CCCCN2C(=O)c2cccs2)cc1. The molecule has 5 nitrogen and oxygen atoms in total. The van der Waals surface area contributed by atoms with E-state index in [1.807, 2.05) is 60.8 Å². The number of benzene rings is 1. The molecule has 138 valence electrons. The lowest BCUT2D eigenvalue weighted by Gasteiger charge is -2.34. The summed E-state index contributed by atoms with van der Waals surface area (Å²) in [5.74, 6) is -0.0959. The fraction of sp³-hybridized carbons (Fsp3) is 0.400. The van der Waals surface area contributed by atoms with Crippen molar-refractivity contribution in [2.45, 2.75) is 31.8 Å². The molecule has 2 aromatic rings. The molecule has 1 saturated heterocycles. The van der Waals surface area contributed by atoms with Gasteiger partial charge in [0.15, 0.2) is 0 Å². The van der Waals surface area contributed by atoms with E-state index >= 15 is 0 Å². The number of carbonyl (C=O) groups excluding carboxylic acids is 2. The third-order valence-electron chi connectivity index (χ3n) is 4.72. The van der Waals surface area contributed by atoms with Gasteiger partial charge in [0.1, 0.15) is 6.04 Å². The molecule has 2 heterocycles. The Balaban J connectivity index is 1.62. The molecule has 2 amide bonds. The predicted octanol–water partition coefficient (Wildman–Crippen LogP) is 3.13. The van der Waals surface area contributed by atoms with Crippen LogP contribution in [0.5, 0.6) is 0 Å². The van der Waals surface area contributed by atoms with E-state index in [4.69, 9.17) is 0 Å². The molecular formula is C20H25N3O2S. The number of likely N-dealkylation sites (tertiary alicyclic amines) is 1. The molecule has 0 aliphatic carbocycles. The predicted molar refractivity (Wildman–Crippen MR) is 106 cm³/mol. The zero-order valence-corrected chi connectivity index (χ0v) is 16.1. The van der Waals surface area contributed by atoms with Gasteiger partial charge in [0.25, 0.3) is 5.91 Å². The molecule has 1 unspecified atom stereocenters. The van der Waals surface area contributed by atoms with Gasteiger partial charge in [-0.25, -0.2) is 0 Å². The van der Waals surface area contributed by atoms with Crippen LogP contribution in [0.2, 0.25) is 0 Å². The fourth-order valence-corrected chi connectivity index (χ4v) is 3.89. The minimum atomic E-state index is -0.376. The van der Waals surface area contributed by atoms with Gasteiger partial charge in [0, 0.05) is 32.9 Å². The van der Waals surface area contributed by atoms with Crippen LogP contribution >= 0.6 is 11.3 Å². The van der Waals surface area contributed by atoms with E-state index in [9.17, 15) is 9.59 Å². The number of amides is 2. The van der Waals surface area contributed by atoms with E-state index in [2.05, 4.69) is 5.32 Å². The van der Waals surface area contributed by atoms with Gasteiger partial charge in [0.05, 0.1) is 4.88 Å². The Bertz CT molecular complexity index is 741. The Morgan fingerprint density at radius 2 is 1.96 bits per heavy atom. The summed E-state index contributed by atoms with van der Waals surface area (Å²) in [6.07, 6.45) is 2.65. The van der Waals surface area contributed by atoms with Crippen molar-refractivity contribution in [3.05, 3.63) is 52.2 Å². The maximum absolute atomic E-state index is 12.7. The van der Waals surface area contributed by atoms with Gasteiger partial charge >= 0.3 is 0 Å². The largest absolute Gasteiger partial charge is 0.378 e. The molecule has 1 atom stereocenters. The molecule has 1 aliphatic rings. The summed E-state index contributed by atoms with van der Waals surface area (Å²) in [7, 11) is 4.00. The topological polar surface area (TPSA) is 52.7 Å². The van der Waals surface area contributed by atoms with Crippen LogP contribution in [0.15, 0.2) is 41.8 Å². The van der Waals surface area contributed by atoms with E-state index < -0.39 is 0 Å². The number of piperidine rings is 1. The third-order valence-corrected chi connectivity index (χ3v) is 5.58. The van der Waals surface area contributed by atoms with E-state index in [1.54, 1.807) is 4.90 Å². The van der Waals surface area contributed by atoms with Crippen LogP contribution < -0.4 is 10.2 Å². The van der Waals surface area contributed by atoms with Crippen LogP contribution in [-0.4, -0.2) is 43.4 Å². The quantitative estimate of drug-likeness (QED) is 0.879. The van der Waals surface area contributed by atoms with Crippen LogP contribution in [0.3, 0.4) is 0 Å². The number of nitrogens with zero attached hydrogens (tertiary/aromatic N) is 2. The standard InChI is InChI=1S/C20H25N3O2S/c1-22(2)16-10-8-15(9-11-16)14-21-19(24)17-6-3-4-12-23(17)20(25)18-7-5-13-26-18/h5,7-11,13,17H,3-4,6,12,14H2,1-2H3,(H,21,24). The molecule has 26 heavy (non-hydrogen) atoms. The molecule has 6 heteroatoms.